The second kappa shape index (κ2) is 10.2. The molecule has 4 rings (SSSR count). The fourth-order valence-corrected chi connectivity index (χ4v) is 5.28. The zero-order valence-electron chi connectivity index (χ0n) is 19.9. The van der Waals surface area contributed by atoms with Crippen molar-refractivity contribution in [2.45, 2.75) is 62.3 Å². The van der Waals surface area contributed by atoms with E-state index in [1.165, 1.54) is 0 Å². The molecule has 182 valence electrons. The molecular weight excluding hydrogens is 456 g/mol. The third-order valence-corrected chi connectivity index (χ3v) is 6.98. The van der Waals surface area contributed by atoms with Crippen molar-refractivity contribution < 1.29 is 23.8 Å². The molecule has 1 saturated carbocycles. The number of anilines is 1. The number of hydrogen-bond acceptors (Lipinski definition) is 7. The van der Waals surface area contributed by atoms with Gasteiger partial charge in [-0.2, -0.15) is 0 Å². The number of methoxy groups -OCH3 is 1. The molecule has 0 saturated heterocycles. The van der Waals surface area contributed by atoms with E-state index in [9.17, 15) is 14.4 Å². The van der Waals surface area contributed by atoms with Crippen LogP contribution in [0.1, 0.15) is 67.2 Å². The lowest BCUT2D eigenvalue weighted by atomic mass is 9.99. The summed E-state index contributed by atoms with van der Waals surface area (Å²) in [6.07, 6.45) is 2.78. The maximum absolute atomic E-state index is 13.5. The molecule has 2 aromatic rings. The zero-order chi connectivity index (χ0) is 24.4. The Hall–Kier alpha value is -2.78. The van der Waals surface area contributed by atoms with Gasteiger partial charge in [0.2, 0.25) is 6.41 Å². The van der Waals surface area contributed by atoms with Crippen LogP contribution in [0, 0.1) is 0 Å². The van der Waals surface area contributed by atoms with Crippen molar-refractivity contribution in [3.05, 3.63) is 39.7 Å². The quantitative estimate of drug-likeness (QED) is 0.299. The fraction of sp³-hybridized carbons (Fsp3) is 0.480. The second-order valence-corrected chi connectivity index (χ2v) is 10.2. The van der Waals surface area contributed by atoms with Gasteiger partial charge in [-0.3, -0.25) is 9.59 Å². The first-order valence-corrected chi connectivity index (χ1v) is 12.4. The number of fused-ring (bicyclic) bond motifs is 3. The Bertz CT molecular complexity index is 1160. The van der Waals surface area contributed by atoms with Crippen LogP contribution in [0.3, 0.4) is 0 Å². The minimum atomic E-state index is -0.594. The molecule has 1 aliphatic carbocycles. The number of esters is 1. The number of amides is 1. The van der Waals surface area contributed by atoms with Crippen LogP contribution in [0.5, 0.6) is 5.75 Å². The smallest absolute Gasteiger partial charge is 0.344 e. The third-order valence-electron chi connectivity index (χ3n) is 5.78. The number of nitrogens with zero attached hydrogens (tertiary/aromatic N) is 1. The Balaban J connectivity index is 1.85. The highest BCUT2D eigenvalue weighted by atomic mass is 32.2. The second-order valence-electron chi connectivity index (χ2n) is 8.78. The van der Waals surface area contributed by atoms with Crippen LogP contribution in [-0.2, 0) is 14.3 Å². The molecule has 34 heavy (non-hydrogen) atoms. The van der Waals surface area contributed by atoms with Crippen molar-refractivity contribution in [1.29, 1.82) is 0 Å². The Labute approximate surface area is 203 Å². The number of thioether (sulfide) groups is 1. The van der Waals surface area contributed by atoms with Gasteiger partial charge < -0.3 is 24.1 Å². The van der Waals surface area contributed by atoms with Gasteiger partial charge >= 0.3 is 5.97 Å². The molecule has 1 unspecified atom stereocenters. The third kappa shape index (κ3) is 4.86. The lowest BCUT2D eigenvalue weighted by Crippen LogP contribution is -2.31. The van der Waals surface area contributed by atoms with E-state index in [0.29, 0.717) is 31.1 Å². The number of aromatic nitrogens is 1. The van der Waals surface area contributed by atoms with E-state index < -0.39 is 5.97 Å². The number of ether oxygens (including phenoxy) is 3. The van der Waals surface area contributed by atoms with Crippen LogP contribution < -0.4 is 15.6 Å². The molecule has 1 fully saturated rings. The Morgan fingerprint density at radius 3 is 2.68 bits per heavy atom. The van der Waals surface area contributed by atoms with Gasteiger partial charge in [-0.25, -0.2) is 4.79 Å². The fourth-order valence-electron chi connectivity index (χ4n) is 4.13. The van der Waals surface area contributed by atoms with E-state index in [0.717, 1.165) is 41.0 Å². The molecule has 1 atom stereocenters. The molecule has 2 aliphatic rings. The van der Waals surface area contributed by atoms with Crippen LogP contribution in [0.4, 0.5) is 5.69 Å². The molecule has 1 N–H and O–H groups in total. The van der Waals surface area contributed by atoms with Gasteiger partial charge in [0.25, 0.3) is 5.56 Å². The van der Waals surface area contributed by atoms with Gasteiger partial charge in [0, 0.05) is 41.9 Å². The largest absolute Gasteiger partial charge is 0.491 e. The van der Waals surface area contributed by atoms with Crippen LogP contribution in [0.15, 0.2) is 27.9 Å². The number of hydrogen-bond donors (Lipinski definition) is 1. The number of nitrogens with one attached hydrogen (secondary N) is 1. The number of pyridine rings is 1. The Morgan fingerprint density at radius 1 is 1.26 bits per heavy atom. The maximum atomic E-state index is 13.5. The van der Waals surface area contributed by atoms with Gasteiger partial charge in [0.05, 0.1) is 24.1 Å². The lowest BCUT2D eigenvalue weighted by molar-refractivity contribution is -0.105. The lowest BCUT2D eigenvalue weighted by Gasteiger charge is -2.29. The van der Waals surface area contributed by atoms with Gasteiger partial charge in [0.1, 0.15) is 11.3 Å². The zero-order valence-corrected chi connectivity index (χ0v) is 20.7. The Morgan fingerprint density at radius 2 is 2.03 bits per heavy atom. The highest BCUT2D eigenvalue weighted by Crippen LogP contribution is 2.53. The molecule has 1 aliphatic heterocycles. The predicted octanol–water partition coefficient (Wildman–Crippen LogP) is 4.57. The standard InChI is InChI=1S/C25H30N2O6S/c1-14(2)33-25(30)19-10-17-15(3)34-22-12-21(32-9-5-8-31-4)20(26-13-28)11-18(22)23(17)27(24(19)29)16-6-7-16/h10-16H,5-9H2,1-4H3,(H,26,28). The average Bonchev–Trinajstić information content (AvgIpc) is 3.62. The summed E-state index contributed by atoms with van der Waals surface area (Å²) in [5.41, 5.74) is 2.83. The molecule has 0 bridgehead atoms. The van der Waals surface area contributed by atoms with Crippen molar-refractivity contribution in [3.8, 4) is 17.0 Å². The summed E-state index contributed by atoms with van der Waals surface area (Å²) in [5.74, 6) is -0.0223. The summed E-state index contributed by atoms with van der Waals surface area (Å²) in [7, 11) is 1.64. The number of carbonyl (C=O) groups excluding carboxylic acids is 2. The summed E-state index contributed by atoms with van der Waals surface area (Å²) in [4.78, 5) is 38.5. The van der Waals surface area contributed by atoms with Crippen molar-refractivity contribution in [1.82, 2.24) is 4.57 Å². The molecule has 0 radical (unpaired) electrons. The van der Waals surface area contributed by atoms with Gasteiger partial charge in [-0.15, -0.1) is 11.8 Å². The minimum Gasteiger partial charge on any atom is -0.491 e. The van der Waals surface area contributed by atoms with Crippen molar-refractivity contribution in [3.63, 3.8) is 0 Å². The highest BCUT2D eigenvalue weighted by Gasteiger charge is 2.36. The van der Waals surface area contributed by atoms with Crippen LogP contribution in [-0.4, -0.2) is 43.4 Å². The summed E-state index contributed by atoms with van der Waals surface area (Å²) in [6, 6.07) is 5.51. The average molecular weight is 487 g/mol. The molecule has 1 aromatic carbocycles. The van der Waals surface area contributed by atoms with E-state index in [4.69, 9.17) is 14.2 Å². The summed E-state index contributed by atoms with van der Waals surface area (Å²) < 4.78 is 18.1. The number of carbonyl (C=O) groups is 2. The molecule has 8 nitrogen and oxygen atoms in total. The molecule has 1 amide bonds. The van der Waals surface area contributed by atoms with Crippen LogP contribution in [0.25, 0.3) is 11.3 Å². The van der Waals surface area contributed by atoms with Gasteiger partial charge in [-0.1, -0.05) is 0 Å². The monoisotopic (exact) mass is 486 g/mol. The van der Waals surface area contributed by atoms with Gasteiger partial charge in [0.15, 0.2) is 0 Å². The van der Waals surface area contributed by atoms with Crippen molar-refractivity contribution in [2.24, 2.45) is 0 Å². The molecular formula is C25H30N2O6S. The van der Waals surface area contributed by atoms with Crippen LogP contribution >= 0.6 is 11.8 Å². The predicted molar refractivity (Wildman–Crippen MR) is 131 cm³/mol. The highest BCUT2D eigenvalue weighted by molar-refractivity contribution is 7.99. The number of rotatable bonds is 10. The summed E-state index contributed by atoms with van der Waals surface area (Å²) in [5, 5.41) is 2.74. The minimum absolute atomic E-state index is 0.00456. The van der Waals surface area contributed by atoms with Crippen molar-refractivity contribution in [2.75, 3.05) is 25.6 Å². The first-order chi connectivity index (χ1) is 16.3. The molecule has 1 aromatic heterocycles. The summed E-state index contributed by atoms with van der Waals surface area (Å²) >= 11 is 1.63. The van der Waals surface area contributed by atoms with E-state index in [1.807, 2.05) is 12.1 Å². The summed E-state index contributed by atoms with van der Waals surface area (Å²) in [6.45, 7) is 6.62. The first-order valence-electron chi connectivity index (χ1n) is 11.5. The molecule has 0 spiro atoms. The topological polar surface area (TPSA) is 95.9 Å². The first kappa shape index (κ1) is 24.3. The van der Waals surface area contributed by atoms with E-state index in [-0.39, 0.29) is 28.5 Å². The normalized spacial score (nSPS) is 16.6. The van der Waals surface area contributed by atoms with Crippen molar-refractivity contribution >= 4 is 29.8 Å². The van der Waals surface area contributed by atoms with E-state index in [1.54, 1.807) is 43.4 Å². The maximum Gasteiger partial charge on any atom is 0.344 e. The Kier molecular flexibility index (Phi) is 7.33. The number of benzene rings is 1. The molecule has 9 heteroatoms. The van der Waals surface area contributed by atoms with E-state index >= 15 is 0 Å². The van der Waals surface area contributed by atoms with Crippen LogP contribution in [0.2, 0.25) is 0 Å². The molecule has 2 heterocycles. The van der Waals surface area contributed by atoms with Gasteiger partial charge in [-0.05, 0) is 57.4 Å². The van der Waals surface area contributed by atoms with E-state index in [2.05, 4.69) is 12.2 Å². The SMILES string of the molecule is COCCCOc1cc2c(cc1NC=O)-c1c(cc(C(=O)OC(C)C)c(=O)n1C1CC1)C(C)S2.